The number of aliphatic hydroxyl groups excluding tert-OH is 1. The Kier molecular flexibility index (Phi) is 5.36. The van der Waals surface area contributed by atoms with E-state index < -0.39 is 14.2 Å². The fourth-order valence-corrected chi connectivity index (χ4v) is 3.68. The van der Waals surface area contributed by atoms with Gasteiger partial charge in [-0.2, -0.15) is 0 Å². The summed E-state index contributed by atoms with van der Waals surface area (Å²) in [5, 5.41) is 11.8. The van der Waals surface area contributed by atoms with Crippen molar-refractivity contribution in [2.45, 2.75) is 46.0 Å². The molecule has 1 N–H and O–H groups in total. The van der Waals surface area contributed by atoms with Gasteiger partial charge >= 0.3 is 0 Å². The van der Waals surface area contributed by atoms with Gasteiger partial charge in [-0.15, -0.1) is 0 Å². The lowest BCUT2D eigenvalue weighted by molar-refractivity contribution is 0.227. The Morgan fingerprint density at radius 3 is 2.17 bits per heavy atom. The second-order valence-electron chi connectivity index (χ2n) is 6.40. The lowest BCUT2D eigenvalue weighted by atomic mass is 10.1. The zero-order valence-electron chi connectivity index (χ0n) is 12.3. The first-order valence-corrected chi connectivity index (χ1v) is 10.2. The molecule has 100 valence electrons. The molecule has 0 amide bonds. The zero-order chi connectivity index (χ0) is 13.8. The van der Waals surface area contributed by atoms with Crippen molar-refractivity contribution in [1.29, 1.82) is 0 Å². The van der Waals surface area contributed by atoms with E-state index in [-0.39, 0.29) is 0 Å². The highest BCUT2D eigenvalue weighted by atomic mass is 28.3. The Balaban J connectivity index is 2.95. The van der Waals surface area contributed by atoms with Gasteiger partial charge in [-0.1, -0.05) is 75.1 Å². The van der Waals surface area contributed by atoms with Crippen LogP contribution in [0.1, 0.15) is 31.9 Å². The highest BCUT2D eigenvalue weighted by Crippen LogP contribution is 2.26. The first kappa shape index (κ1) is 15.2. The van der Waals surface area contributed by atoms with Crippen molar-refractivity contribution in [3.8, 4) is 0 Å². The minimum atomic E-state index is -1.34. The van der Waals surface area contributed by atoms with Crippen molar-refractivity contribution in [2.75, 3.05) is 0 Å². The summed E-state index contributed by atoms with van der Waals surface area (Å²) in [6.45, 7) is 11.5. The van der Waals surface area contributed by atoms with Gasteiger partial charge < -0.3 is 5.11 Å². The number of allylic oxidation sites excluding steroid dienone is 1. The molecule has 1 atom stereocenters. The van der Waals surface area contributed by atoms with E-state index in [1.807, 2.05) is 30.3 Å². The molecule has 0 aliphatic heterocycles. The van der Waals surface area contributed by atoms with Crippen molar-refractivity contribution < 1.29 is 5.11 Å². The fourth-order valence-electron chi connectivity index (χ4n) is 2.00. The summed E-state index contributed by atoms with van der Waals surface area (Å²) in [5.74, 6) is 0.644. The number of aliphatic hydroxyl groups is 1. The van der Waals surface area contributed by atoms with E-state index in [9.17, 15) is 5.11 Å². The van der Waals surface area contributed by atoms with E-state index in [0.717, 1.165) is 12.0 Å². The van der Waals surface area contributed by atoms with Crippen LogP contribution in [0.2, 0.25) is 19.6 Å². The van der Waals surface area contributed by atoms with Crippen LogP contribution in [0.5, 0.6) is 0 Å². The van der Waals surface area contributed by atoms with Crippen molar-refractivity contribution >= 4 is 8.07 Å². The average molecular weight is 262 g/mol. The Hall–Kier alpha value is -0.863. The molecule has 0 aliphatic carbocycles. The summed E-state index contributed by atoms with van der Waals surface area (Å²) >= 11 is 0. The maximum absolute atomic E-state index is 10.3. The van der Waals surface area contributed by atoms with Crippen LogP contribution in [0.4, 0.5) is 0 Å². The van der Waals surface area contributed by atoms with E-state index in [4.69, 9.17) is 0 Å². The molecule has 1 rings (SSSR count). The summed E-state index contributed by atoms with van der Waals surface area (Å²) < 4.78 is 0. The Bertz CT molecular complexity index is 387. The van der Waals surface area contributed by atoms with Crippen LogP contribution in [0.25, 0.3) is 0 Å². The summed E-state index contributed by atoms with van der Waals surface area (Å²) in [6, 6.07) is 9.90. The summed E-state index contributed by atoms with van der Waals surface area (Å²) in [6.07, 6.45) is 2.72. The van der Waals surface area contributed by atoms with E-state index in [1.54, 1.807) is 0 Å². The third-order valence-electron chi connectivity index (χ3n) is 3.09. The minimum Gasteiger partial charge on any atom is -0.384 e. The normalized spacial score (nSPS) is 14.9. The zero-order valence-corrected chi connectivity index (χ0v) is 13.3. The molecule has 1 nitrogen and oxygen atoms in total. The molecule has 1 unspecified atom stereocenters. The SMILES string of the molecule is CC(C)C/C(=C/C(O)c1ccccc1)[Si](C)(C)C. The summed E-state index contributed by atoms with van der Waals surface area (Å²) in [5.41, 5.74) is 0.983. The van der Waals surface area contributed by atoms with Gasteiger partial charge in [-0.05, 0) is 17.9 Å². The number of rotatable bonds is 5. The third kappa shape index (κ3) is 4.79. The van der Waals surface area contributed by atoms with Crippen LogP contribution in [0, 0.1) is 5.92 Å². The van der Waals surface area contributed by atoms with Crippen molar-refractivity contribution in [1.82, 2.24) is 0 Å². The monoisotopic (exact) mass is 262 g/mol. The molecule has 1 aromatic carbocycles. The standard InChI is InChI=1S/C16H26OSi/c1-13(2)11-15(18(3,4)5)12-16(17)14-9-7-6-8-10-14/h6-10,12-13,16-17H,11H2,1-5H3/b15-12-. The quantitative estimate of drug-likeness (QED) is 0.771. The predicted molar refractivity (Wildman–Crippen MR) is 82.3 cm³/mol. The van der Waals surface area contributed by atoms with Crippen LogP contribution >= 0.6 is 0 Å². The predicted octanol–water partition coefficient (Wildman–Crippen LogP) is 4.57. The molecule has 0 heterocycles. The van der Waals surface area contributed by atoms with E-state index in [2.05, 4.69) is 39.6 Å². The van der Waals surface area contributed by atoms with Crippen LogP contribution in [-0.4, -0.2) is 13.2 Å². The van der Waals surface area contributed by atoms with Gasteiger partial charge in [-0.3, -0.25) is 0 Å². The molecular formula is C16H26OSi. The van der Waals surface area contributed by atoms with E-state index in [1.165, 1.54) is 5.20 Å². The molecule has 0 aromatic heterocycles. The molecule has 0 radical (unpaired) electrons. The van der Waals surface area contributed by atoms with E-state index in [0.29, 0.717) is 5.92 Å². The fraction of sp³-hybridized carbons (Fsp3) is 0.500. The van der Waals surface area contributed by atoms with Gasteiger partial charge in [0.05, 0.1) is 14.2 Å². The highest BCUT2D eigenvalue weighted by Gasteiger charge is 2.21. The van der Waals surface area contributed by atoms with E-state index >= 15 is 0 Å². The average Bonchev–Trinajstić information content (AvgIpc) is 2.27. The molecule has 0 saturated heterocycles. The molecule has 2 heteroatoms. The van der Waals surface area contributed by atoms with Crippen LogP contribution in [-0.2, 0) is 0 Å². The van der Waals surface area contributed by atoms with Crippen molar-refractivity contribution in [2.24, 2.45) is 5.92 Å². The van der Waals surface area contributed by atoms with Gasteiger partial charge in [0, 0.05) is 0 Å². The highest BCUT2D eigenvalue weighted by molar-refractivity contribution is 6.83. The topological polar surface area (TPSA) is 20.2 Å². The molecule has 0 aliphatic rings. The molecule has 18 heavy (non-hydrogen) atoms. The van der Waals surface area contributed by atoms with Gasteiger partial charge in [0.1, 0.15) is 0 Å². The molecule has 1 aromatic rings. The Labute approximate surface area is 113 Å². The molecule has 0 saturated carbocycles. The Morgan fingerprint density at radius 2 is 1.72 bits per heavy atom. The molecule has 0 fully saturated rings. The molecule has 0 bridgehead atoms. The number of hydrogen-bond acceptors (Lipinski definition) is 1. The minimum absolute atomic E-state index is 0.466. The van der Waals surface area contributed by atoms with Gasteiger partial charge in [0.2, 0.25) is 0 Å². The van der Waals surface area contributed by atoms with Crippen LogP contribution in [0.15, 0.2) is 41.6 Å². The third-order valence-corrected chi connectivity index (χ3v) is 5.39. The first-order chi connectivity index (χ1) is 8.30. The largest absolute Gasteiger partial charge is 0.384 e. The molecular weight excluding hydrogens is 236 g/mol. The second kappa shape index (κ2) is 6.35. The maximum atomic E-state index is 10.3. The summed E-state index contributed by atoms with van der Waals surface area (Å²) in [4.78, 5) is 0. The van der Waals surface area contributed by atoms with Gasteiger partial charge in [0.25, 0.3) is 0 Å². The van der Waals surface area contributed by atoms with Crippen molar-refractivity contribution in [3.05, 3.63) is 47.2 Å². The smallest absolute Gasteiger partial charge is 0.0970 e. The van der Waals surface area contributed by atoms with Gasteiger partial charge in [-0.25, -0.2) is 0 Å². The molecule has 0 spiro atoms. The van der Waals surface area contributed by atoms with Gasteiger partial charge in [0.15, 0.2) is 0 Å². The lowest BCUT2D eigenvalue weighted by Crippen LogP contribution is -2.25. The Morgan fingerprint density at radius 1 is 1.17 bits per heavy atom. The first-order valence-electron chi connectivity index (χ1n) is 6.75. The van der Waals surface area contributed by atoms with Crippen molar-refractivity contribution in [3.63, 3.8) is 0 Å². The number of benzene rings is 1. The lowest BCUT2D eigenvalue weighted by Gasteiger charge is -2.24. The maximum Gasteiger partial charge on any atom is 0.0970 e. The van der Waals surface area contributed by atoms with Crippen LogP contribution < -0.4 is 0 Å². The van der Waals surface area contributed by atoms with Crippen LogP contribution in [0.3, 0.4) is 0 Å². The second-order valence-corrected chi connectivity index (χ2v) is 11.5. The summed E-state index contributed by atoms with van der Waals surface area (Å²) in [7, 11) is -1.34. The number of hydrogen-bond donors (Lipinski definition) is 1.